The van der Waals surface area contributed by atoms with E-state index in [1.54, 1.807) is 0 Å². The van der Waals surface area contributed by atoms with Crippen molar-refractivity contribution in [1.82, 2.24) is 4.90 Å². The highest BCUT2D eigenvalue weighted by atomic mass is 16.5. The zero-order valence-electron chi connectivity index (χ0n) is 16.4. The first-order chi connectivity index (χ1) is 13.2. The number of nitrogens with zero attached hydrogens (tertiary/aromatic N) is 2. The van der Waals surface area contributed by atoms with Gasteiger partial charge < -0.3 is 14.7 Å². The van der Waals surface area contributed by atoms with Gasteiger partial charge in [0, 0.05) is 38.4 Å². The molecule has 27 heavy (non-hydrogen) atoms. The summed E-state index contributed by atoms with van der Waals surface area (Å²) in [7, 11) is 0. The molecule has 1 N–H and O–H groups in total. The van der Waals surface area contributed by atoms with Gasteiger partial charge in [-0.25, -0.2) is 0 Å². The van der Waals surface area contributed by atoms with E-state index in [2.05, 4.69) is 40.1 Å². The van der Waals surface area contributed by atoms with Crippen molar-refractivity contribution in [3.05, 3.63) is 30.3 Å². The Morgan fingerprint density at radius 1 is 0.926 bits per heavy atom. The van der Waals surface area contributed by atoms with Gasteiger partial charge in [0.25, 0.3) is 0 Å². The van der Waals surface area contributed by atoms with E-state index in [0.717, 1.165) is 50.5 Å². The molecule has 1 aromatic rings. The second-order valence-corrected chi connectivity index (χ2v) is 9.69. The number of aliphatic hydroxyl groups excluding tert-OH is 1. The number of hydrogen-bond donors (Lipinski definition) is 1. The summed E-state index contributed by atoms with van der Waals surface area (Å²) >= 11 is 0. The van der Waals surface area contributed by atoms with E-state index in [0.29, 0.717) is 6.61 Å². The molecule has 1 aromatic carbocycles. The van der Waals surface area contributed by atoms with Crippen molar-refractivity contribution >= 4 is 5.69 Å². The first-order valence-corrected chi connectivity index (χ1v) is 11.0. The summed E-state index contributed by atoms with van der Waals surface area (Å²) in [5.41, 5.74) is 1.42. The summed E-state index contributed by atoms with van der Waals surface area (Å²) in [6, 6.07) is 10.6. The molecule has 4 heteroatoms. The van der Waals surface area contributed by atoms with Gasteiger partial charge in [0.1, 0.15) is 0 Å². The molecule has 1 saturated heterocycles. The first kappa shape index (κ1) is 18.0. The summed E-state index contributed by atoms with van der Waals surface area (Å²) in [4.78, 5) is 4.84. The van der Waals surface area contributed by atoms with Gasteiger partial charge in [-0.2, -0.15) is 0 Å². The van der Waals surface area contributed by atoms with Crippen molar-refractivity contribution in [3.63, 3.8) is 0 Å². The van der Waals surface area contributed by atoms with Gasteiger partial charge in [0.15, 0.2) is 0 Å². The molecule has 1 atom stereocenters. The zero-order valence-corrected chi connectivity index (χ0v) is 16.4. The Kier molecular flexibility index (Phi) is 4.91. The van der Waals surface area contributed by atoms with Gasteiger partial charge in [0.05, 0.1) is 18.3 Å². The van der Waals surface area contributed by atoms with E-state index < -0.39 is 0 Å². The lowest BCUT2D eigenvalue weighted by atomic mass is 9.54. The van der Waals surface area contributed by atoms with Crippen LogP contribution in [0.1, 0.15) is 38.5 Å². The number of benzene rings is 1. The number of ether oxygens (including phenoxy) is 1. The molecular formula is C23H34N2O2. The molecular weight excluding hydrogens is 336 g/mol. The third kappa shape index (κ3) is 3.90. The number of rotatable bonds is 6. The Morgan fingerprint density at radius 2 is 1.52 bits per heavy atom. The van der Waals surface area contributed by atoms with Crippen molar-refractivity contribution in [2.45, 2.75) is 50.2 Å². The van der Waals surface area contributed by atoms with Crippen LogP contribution in [0.2, 0.25) is 0 Å². The summed E-state index contributed by atoms with van der Waals surface area (Å²) in [5.74, 6) is 2.71. The smallest absolute Gasteiger partial charge is 0.0900 e. The summed E-state index contributed by atoms with van der Waals surface area (Å²) in [6.07, 6.45) is 7.72. The number of para-hydroxylation sites is 1. The van der Waals surface area contributed by atoms with Gasteiger partial charge >= 0.3 is 0 Å². The maximum atomic E-state index is 10.6. The largest absolute Gasteiger partial charge is 0.389 e. The van der Waals surface area contributed by atoms with E-state index in [9.17, 15) is 5.11 Å². The van der Waals surface area contributed by atoms with Gasteiger partial charge in [-0.3, -0.25) is 4.90 Å². The van der Waals surface area contributed by atoms with Crippen molar-refractivity contribution in [3.8, 4) is 0 Å². The van der Waals surface area contributed by atoms with Gasteiger partial charge in [0.2, 0.25) is 0 Å². The number of hydrogen-bond acceptors (Lipinski definition) is 4. The predicted octanol–water partition coefficient (Wildman–Crippen LogP) is 3.15. The van der Waals surface area contributed by atoms with Crippen LogP contribution in [0, 0.1) is 17.8 Å². The molecule has 4 aliphatic carbocycles. The van der Waals surface area contributed by atoms with Crippen molar-refractivity contribution in [2.75, 3.05) is 44.2 Å². The SMILES string of the molecule is O[C@@H](COC12CC3CC(CC(C3)C1)C2)CN1CCN(c2ccccc2)CC1. The van der Waals surface area contributed by atoms with E-state index in [1.807, 2.05) is 0 Å². The molecule has 5 aliphatic rings. The van der Waals surface area contributed by atoms with E-state index in [1.165, 1.54) is 44.2 Å². The fourth-order valence-corrected chi connectivity index (χ4v) is 6.66. The molecule has 0 aromatic heterocycles. The molecule has 1 aliphatic heterocycles. The van der Waals surface area contributed by atoms with Crippen molar-refractivity contribution in [1.29, 1.82) is 0 Å². The second kappa shape index (κ2) is 7.38. The third-order valence-corrected chi connectivity index (χ3v) is 7.53. The molecule has 0 radical (unpaired) electrons. The lowest BCUT2D eigenvalue weighted by Gasteiger charge is -2.56. The highest BCUT2D eigenvalue weighted by Crippen LogP contribution is 2.57. The number of aliphatic hydroxyl groups is 1. The van der Waals surface area contributed by atoms with Crippen LogP contribution in [0.25, 0.3) is 0 Å². The normalized spacial score (nSPS) is 36.9. The topological polar surface area (TPSA) is 35.9 Å². The minimum atomic E-state index is -0.360. The lowest BCUT2D eigenvalue weighted by molar-refractivity contribution is -0.176. The van der Waals surface area contributed by atoms with Gasteiger partial charge in [-0.1, -0.05) is 18.2 Å². The fourth-order valence-electron chi connectivity index (χ4n) is 6.66. The summed E-state index contributed by atoms with van der Waals surface area (Å²) in [6.45, 7) is 5.37. The van der Waals surface area contributed by atoms with E-state index >= 15 is 0 Å². The number of β-amino-alcohol motifs (C(OH)–C–C–N with tert-alkyl or cyclic N) is 1. The molecule has 148 valence electrons. The highest BCUT2D eigenvalue weighted by molar-refractivity contribution is 5.46. The van der Waals surface area contributed by atoms with E-state index in [-0.39, 0.29) is 11.7 Å². The zero-order chi connectivity index (χ0) is 18.3. The minimum absolute atomic E-state index is 0.113. The van der Waals surface area contributed by atoms with Crippen LogP contribution in [-0.4, -0.2) is 61.0 Å². The van der Waals surface area contributed by atoms with E-state index in [4.69, 9.17) is 4.74 Å². The lowest BCUT2D eigenvalue weighted by Crippen LogP contribution is -2.53. The van der Waals surface area contributed by atoms with Crippen LogP contribution in [0.4, 0.5) is 5.69 Å². The first-order valence-electron chi connectivity index (χ1n) is 11.0. The average Bonchev–Trinajstić information content (AvgIpc) is 2.67. The van der Waals surface area contributed by atoms with Crippen LogP contribution >= 0.6 is 0 Å². The molecule has 0 amide bonds. The average molecular weight is 371 g/mol. The second-order valence-electron chi connectivity index (χ2n) is 9.69. The Hall–Kier alpha value is -1.10. The quantitative estimate of drug-likeness (QED) is 0.834. The maximum absolute atomic E-state index is 10.6. The third-order valence-electron chi connectivity index (χ3n) is 7.53. The Balaban J connectivity index is 1.08. The van der Waals surface area contributed by atoms with Gasteiger partial charge in [-0.15, -0.1) is 0 Å². The standard InChI is InChI=1S/C23H34N2O2/c26-22(16-24-6-8-25(9-7-24)21-4-2-1-3-5-21)17-27-23-13-18-10-19(14-23)12-20(11-18)15-23/h1-5,18-20,22,26H,6-17H2/t18?,19?,20?,22-,23?/m1/s1. The van der Waals surface area contributed by atoms with Crippen LogP contribution < -0.4 is 4.90 Å². The van der Waals surface area contributed by atoms with Crippen LogP contribution in [-0.2, 0) is 4.74 Å². The fraction of sp³-hybridized carbons (Fsp3) is 0.739. The van der Waals surface area contributed by atoms with Crippen molar-refractivity contribution in [2.24, 2.45) is 17.8 Å². The molecule has 1 heterocycles. The van der Waals surface area contributed by atoms with Crippen molar-refractivity contribution < 1.29 is 9.84 Å². The van der Waals surface area contributed by atoms with Crippen LogP contribution in [0.15, 0.2) is 30.3 Å². The highest BCUT2D eigenvalue weighted by Gasteiger charge is 2.51. The Morgan fingerprint density at radius 3 is 2.11 bits per heavy atom. The molecule has 5 fully saturated rings. The molecule has 0 spiro atoms. The molecule has 4 saturated carbocycles. The molecule has 4 nitrogen and oxygen atoms in total. The maximum Gasteiger partial charge on any atom is 0.0900 e. The van der Waals surface area contributed by atoms with Crippen LogP contribution in [0.3, 0.4) is 0 Å². The predicted molar refractivity (Wildman–Crippen MR) is 108 cm³/mol. The van der Waals surface area contributed by atoms with Crippen LogP contribution in [0.5, 0.6) is 0 Å². The number of anilines is 1. The van der Waals surface area contributed by atoms with Gasteiger partial charge in [-0.05, 0) is 68.4 Å². The minimum Gasteiger partial charge on any atom is -0.389 e. The Bertz CT molecular complexity index is 591. The monoisotopic (exact) mass is 370 g/mol. The summed E-state index contributed by atoms with van der Waals surface area (Å²) < 4.78 is 6.45. The Labute approximate surface area is 163 Å². The summed E-state index contributed by atoms with van der Waals surface area (Å²) in [5, 5.41) is 10.6. The molecule has 6 rings (SSSR count). The molecule has 0 unspecified atom stereocenters. The number of piperazine rings is 1. The molecule has 4 bridgehead atoms.